The molecule has 2 aromatic rings. The minimum absolute atomic E-state index is 0.363. The summed E-state index contributed by atoms with van der Waals surface area (Å²) < 4.78 is 11.2. The van der Waals surface area contributed by atoms with Gasteiger partial charge in [0, 0.05) is 29.0 Å². The molecular formula is C21H21N3O4. The van der Waals surface area contributed by atoms with Crippen LogP contribution in [0.5, 0.6) is 11.6 Å². The van der Waals surface area contributed by atoms with Crippen LogP contribution in [0.1, 0.15) is 42.0 Å². The Morgan fingerprint density at radius 2 is 2.11 bits per heavy atom. The summed E-state index contributed by atoms with van der Waals surface area (Å²) in [4.78, 5) is 21.2. The second-order valence-corrected chi connectivity index (χ2v) is 6.56. The number of aliphatic imine (C=N–C) groups is 1. The summed E-state index contributed by atoms with van der Waals surface area (Å²) >= 11 is 0. The molecule has 0 aliphatic carbocycles. The molecule has 7 nitrogen and oxygen atoms in total. The second-order valence-electron chi connectivity index (χ2n) is 6.56. The summed E-state index contributed by atoms with van der Waals surface area (Å²) in [6.45, 7) is 5.83. The average molecular weight is 379 g/mol. The largest absolute Gasteiger partial charge is 0.496 e. The fourth-order valence-electron chi connectivity index (χ4n) is 3.63. The maximum absolute atomic E-state index is 12.2. The molecule has 0 fully saturated rings. The van der Waals surface area contributed by atoms with E-state index in [1.54, 1.807) is 31.3 Å². The Morgan fingerprint density at radius 3 is 2.71 bits per heavy atom. The molecule has 2 unspecified atom stereocenters. The van der Waals surface area contributed by atoms with E-state index in [0.717, 1.165) is 5.56 Å². The van der Waals surface area contributed by atoms with Crippen molar-refractivity contribution in [2.24, 2.45) is 10.9 Å². The van der Waals surface area contributed by atoms with Gasteiger partial charge in [-0.15, -0.1) is 0 Å². The maximum atomic E-state index is 12.2. The Morgan fingerprint density at radius 1 is 1.36 bits per heavy atom. The van der Waals surface area contributed by atoms with Gasteiger partial charge in [0.15, 0.2) is 0 Å². The molecule has 0 saturated carbocycles. The molecule has 7 heteroatoms. The number of ether oxygens (including phenoxy) is 2. The molecular weight excluding hydrogens is 358 g/mol. The summed E-state index contributed by atoms with van der Waals surface area (Å²) in [6, 6.07) is 7.08. The number of hydrogen-bond acceptors (Lipinski definition) is 6. The predicted octanol–water partition coefficient (Wildman–Crippen LogP) is 3.61. The molecule has 1 aliphatic rings. The first-order valence-corrected chi connectivity index (χ1v) is 8.91. The van der Waals surface area contributed by atoms with Crippen LogP contribution in [-0.4, -0.2) is 35.5 Å². The van der Waals surface area contributed by atoms with Gasteiger partial charge < -0.3 is 14.6 Å². The normalized spacial score (nSPS) is 17.9. The first kappa shape index (κ1) is 19.4. The van der Waals surface area contributed by atoms with Crippen LogP contribution in [0.25, 0.3) is 0 Å². The maximum Gasteiger partial charge on any atom is 0.313 e. The number of fused-ring (bicyclic) bond motifs is 1. The standard InChI is InChI=1S/C21H21N3O4/c1-5-28-20-18-17(14-7-6-13(9-22)8-15(14)27-4)16(21(25)26)12(3)24-19(18)11(2)10-23-20/h6-8,10,16-17H,5H2,1-4H3,(H,25,26). The van der Waals surface area contributed by atoms with Crippen LogP contribution in [0.15, 0.2) is 29.4 Å². The first-order valence-electron chi connectivity index (χ1n) is 8.91. The van der Waals surface area contributed by atoms with Gasteiger partial charge >= 0.3 is 5.97 Å². The Kier molecular flexibility index (Phi) is 5.32. The molecule has 2 heterocycles. The van der Waals surface area contributed by atoms with Crippen molar-refractivity contribution in [2.45, 2.75) is 26.7 Å². The third-order valence-corrected chi connectivity index (χ3v) is 4.86. The van der Waals surface area contributed by atoms with Crippen molar-refractivity contribution in [2.75, 3.05) is 13.7 Å². The van der Waals surface area contributed by atoms with Crippen molar-refractivity contribution in [1.82, 2.24) is 4.98 Å². The zero-order chi connectivity index (χ0) is 20.4. The Bertz CT molecular complexity index is 1010. The van der Waals surface area contributed by atoms with E-state index in [2.05, 4.69) is 16.0 Å². The van der Waals surface area contributed by atoms with E-state index in [1.165, 1.54) is 7.11 Å². The smallest absolute Gasteiger partial charge is 0.313 e. The molecule has 0 saturated heterocycles. The third kappa shape index (κ3) is 3.18. The zero-order valence-corrected chi connectivity index (χ0v) is 16.2. The first-order chi connectivity index (χ1) is 13.4. The molecule has 1 N–H and O–H groups in total. The lowest BCUT2D eigenvalue weighted by molar-refractivity contribution is -0.139. The molecule has 28 heavy (non-hydrogen) atoms. The number of aryl methyl sites for hydroxylation is 1. The number of hydrogen-bond donors (Lipinski definition) is 1. The minimum atomic E-state index is -0.993. The van der Waals surface area contributed by atoms with Gasteiger partial charge in [0.05, 0.1) is 31.0 Å². The van der Waals surface area contributed by atoms with E-state index in [-0.39, 0.29) is 0 Å². The van der Waals surface area contributed by atoms with Gasteiger partial charge in [0.2, 0.25) is 5.88 Å². The summed E-state index contributed by atoms with van der Waals surface area (Å²) in [7, 11) is 1.50. The summed E-state index contributed by atoms with van der Waals surface area (Å²) in [5.41, 5.74) is 3.71. The molecule has 0 spiro atoms. The highest BCUT2D eigenvalue weighted by molar-refractivity contribution is 6.05. The Balaban J connectivity index is 2.36. The van der Waals surface area contributed by atoms with Crippen molar-refractivity contribution in [1.29, 1.82) is 5.26 Å². The number of rotatable bonds is 5. The van der Waals surface area contributed by atoms with Crippen molar-refractivity contribution >= 4 is 17.4 Å². The van der Waals surface area contributed by atoms with Crippen LogP contribution >= 0.6 is 0 Å². The number of carboxylic acids is 1. The van der Waals surface area contributed by atoms with Crippen LogP contribution in [-0.2, 0) is 4.79 Å². The minimum Gasteiger partial charge on any atom is -0.496 e. The molecule has 1 aromatic heterocycles. The number of methoxy groups -OCH3 is 1. The van der Waals surface area contributed by atoms with Crippen molar-refractivity contribution in [3.63, 3.8) is 0 Å². The zero-order valence-electron chi connectivity index (χ0n) is 16.2. The van der Waals surface area contributed by atoms with Gasteiger partial charge in [0.1, 0.15) is 11.7 Å². The van der Waals surface area contributed by atoms with E-state index in [0.29, 0.717) is 46.3 Å². The summed E-state index contributed by atoms with van der Waals surface area (Å²) in [5, 5.41) is 19.2. The molecule has 0 radical (unpaired) electrons. The Hall–Kier alpha value is -3.40. The topological polar surface area (TPSA) is 105 Å². The van der Waals surface area contributed by atoms with Crippen LogP contribution in [0.4, 0.5) is 5.69 Å². The number of carboxylic acid groups (broad SMARTS) is 1. The number of carbonyl (C=O) groups is 1. The van der Waals surface area contributed by atoms with Gasteiger partial charge in [0.25, 0.3) is 0 Å². The highest BCUT2D eigenvalue weighted by Crippen LogP contribution is 2.49. The van der Waals surface area contributed by atoms with Gasteiger partial charge in [-0.1, -0.05) is 6.07 Å². The SMILES string of the molecule is CCOc1ncc(C)c2c1C(c1ccc(C#N)cc1OC)C(C(=O)O)C(C)=N2. The van der Waals surface area contributed by atoms with Crippen LogP contribution in [0.2, 0.25) is 0 Å². The van der Waals surface area contributed by atoms with Gasteiger partial charge in [-0.3, -0.25) is 9.79 Å². The lowest BCUT2D eigenvalue weighted by Gasteiger charge is -2.32. The number of pyridine rings is 1. The summed E-state index contributed by atoms with van der Waals surface area (Å²) in [6.07, 6.45) is 1.68. The monoisotopic (exact) mass is 379 g/mol. The number of nitriles is 1. The fraction of sp³-hybridized carbons (Fsp3) is 0.333. The second kappa shape index (κ2) is 7.69. The van der Waals surface area contributed by atoms with Crippen molar-refractivity contribution < 1.29 is 19.4 Å². The highest BCUT2D eigenvalue weighted by Gasteiger charge is 2.41. The molecule has 0 bridgehead atoms. The van der Waals surface area contributed by atoms with Gasteiger partial charge in [-0.25, -0.2) is 4.98 Å². The van der Waals surface area contributed by atoms with E-state index < -0.39 is 17.8 Å². The van der Waals surface area contributed by atoms with Crippen LogP contribution < -0.4 is 9.47 Å². The van der Waals surface area contributed by atoms with E-state index in [1.807, 2.05) is 13.8 Å². The lowest BCUT2D eigenvalue weighted by atomic mass is 9.75. The summed E-state index contributed by atoms with van der Waals surface area (Å²) in [5.74, 6) is -1.70. The highest BCUT2D eigenvalue weighted by atomic mass is 16.5. The number of benzene rings is 1. The molecule has 0 amide bonds. The van der Waals surface area contributed by atoms with Crippen LogP contribution in [0.3, 0.4) is 0 Å². The predicted molar refractivity (Wildman–Crippen MR) is 104 cm³/mol. The lowest BCUT2D eigenvalue weighted by Crippen LogP contribution is -2.32. The average Bonchev–Trinajstić information content (AvgIpc) is 2.68. The van der Waals surface area contributed by atoms with Gasteiger partial charge in [-0.05, 0) is 38.5 Å². The van der Waals surface area contributed by atoms with E-state index >= 15 is 0 Å². The fourth-order valence-corrected chi connectivity index (χ4v) is 3.63. The number of aliphatic carboxylic acids is 1. The van der Waals surface area contributed by atoms with Crippen molar-refractivity contribution in [3.05, 3.63) is 46.6 Å². The molecule has 1 aromatic carbocycles. The van der Waals surface area contributed by atoms with E-state index in [9.17, 15) is 15.2 Å². The third-order valence-electron chi connectivity index (χ3n) is 4.86. The van der Waals surface area contributed by atoms with Gasteiger partial charge in [-0.2, -0.15) is 5.26 Å². The number of aromatic nitrogens is 1. The molecule has 3 rings (SSSR count). The molecule has 2 atom stereocenters. The Labute approximate surface area is 163 Å². The quantitative estimate of drug-likeness (QED) is 0.851. The van der Waals surface area contributed by atoms with Crippen molar-refractivity contribution in [3.8, 4) is 17.7 Å². The van der Waals surface area contributed by atoms with Crippen LogP contribution in [0, 0.1) is 24.2 Å². The van der Waals surface area contributed by atoms with E-state index in [4.69, 9.17) is 9.47 Å². The number of nitrogens with zero attached hydrogens (tertiary/aromatic N) is 3. The molecule has 144 valence electrons. The molecule has 1 aliphatic heterocycles.